The zero-order chi connectivity index (χ0) is 11.7. The van der Waals surface area contributed by atoms with Crippen molar-refractivity contribution in [1.29, 1.82) is 0 Å². The second kappa shape index (κ2) is 3.50. The summed E-state index contributed by atoms with van der Waals surface area (Å²) in [5.74, 6) is 1.82. The van der Waals surface area contributed by atoms with Crippen LogP contribution in [0.25, 0.3) is 0 Å². The van der Waals surface area contributed by atoms with Crippen molar-refractivity contribution in [3.63, 3.8) is 0 Å². The lowest BCUT2D eigenvalue weighted by Crippen LogP contribution is -2.80. The molecule has 0 aromatic heterocycles. The molecule has 1 aliphatic carbocycles. The van der Waals surface area contributed by atoms with Gasteiger partial charge in [0.2, 0.25) is 0 Å². The van der Waals surface area contributed by atoms with Crippen LogP contribution in [-0.4, -0.2) is 36.5 Å². The van der Waals surface area contributed by atoms with E-state index >= 15 is 0 Å². The van der Waals surface area contributed by atoms with Gasteiger partial charge in [-0.15, -0.1) is 0 Å². The van der Waals surface area contributed by atoms with Gasteiger partial charge < -0.3 is 10.1 Å². The van der Waals surface area contributed by atoms with Gasteiger partial charge in [-0.25, -0.2) is 0 Å². The number of nitrogens with zero attached hydrogens (tertiary/aromatic N) is 1. The molecule has 100 valence electrons. The average molecular weight is 248 g/mol. The Hall–Kier alpha value is -0.120. The molecule has 1 N–H and O–H groups in total. The van der Waals surface area contributed by atoms with Crippen LogP contribution in [-0.2, 0) is 4.74 Å². The van der Waals surface area contributed by atoms with E-state index in [1.807, 2.05) is 0 Å². The summed E-state index contributed by atoms with van der Waals surface area (Å²) in [4.78, 5) is 2.70. The fraction of sp³-hybridized carbons (Fsp3) is 1.00. The molecule has 6 rings (SSSR count). The highest BCUT2D eigenvalue weighted by atomic mass is 16.5. The van der Waals surface area contributed by atoms with Crippen LogP contribution < -0.4 is 5.32 Å². The minimum Gasteiger partial charge on any atom is -0.359 e. The molecule has 6 aliphatic rings. The maximum atomic E-state index is 6.57. The van der Waals surface area contributed by atoms with Crippen LogP contribution in [0.1, 0.15) is 44.9 Å². The summed E-state index contributed by atoms with van der Waals surface area (Å²) >= 11 is 0. The van der Waals surface area contributed by atoms with E-state index in [0.717, 1.165) is 11.8 Å². The predicted octanol–water partition coefficient (Wildman–Crippen LogP) is 1.93. The first-order chi connectivity index (χ1) is 8.91. The molecule has 6 bridgehead atoms. The normalized spacial score (nSPS) is 61.3. The molecular weight excluding hydrogens is 224 g/mol. The van der Waals surface area contributed by atoms with Crippen LogP contribution in [0.3, 0.4) is 0 Å². The zero-order valence-corrected chi connectivity index (χ0v) is 11.1. The Labute approximate surface area is 109 Å². The molecule has 5 aliphatic heterocycles. The van der Waals surface area contributed by atoms with E-state index in [4.69, 9.17) is 4.74 Å². The second-order valence-corrected chi connectivity index (χ2v) is 7.17. The molecule has 6 fully saturated rings. The lowest BCUT2D eigenvalue weighted by Gasteiger charge is -2.72. The number of rotatable bonds is 0. The highest BCUT2D eigenvalue weighted by Crippen LogP contribution is 2.63. The molecule has 1 unspecified atom stereocenters. The van der Waals surface area contributed by atoms with Crippen molar-refractivity contribution < 1.29 is 4.74 Å². The van der Waals surface area contributed by atoms with Crippen molar-refractivity contribution in [3.8, 4) is 0 Å². The van der Waals surface area contributed by atoms with Gasteiger partial charge in [-0.2, -0.15) is 0 Å². The largest absolute Gasteiger partial charge is 0.359 e. The molecule has 1 spiro atoms. The van der Waals surface area contributed by atoms with E-state index in [-0.39, 0.29) is 0 Å². The first-order valence-electron chi connectivity index (χ1n) is 8.06. The number of piperidine rings is 3. The van der Waals surface area contributed by atoms with Gasteiger partial charge in [0.1, 0.15) is 6.23 Å². The summed E-state index contributed by atoms with van der Waals surface area (Å²) in [6.45, 7) is 2.49. The van der Waals surface area contributed by atoms with Crippen LogP contribution in [0, 0.1) is 17.3 Å². The van der Waals surface area contributed by atoms with Gasteiger partial charge >= 0.3 is 0 Å². The molecule has 7 atom stereocenters. The van der Waals surface area contributed by atoms with Crippen LogP contribution in [0.5, 0.6) is 0 Å². The molecule has 18 heavy (non-hydrogen) atoms. The zero-order valence-electron chi connectivity index (χ0n) is 11.1. The van der Waals surface area contributed by atoms with E-state index < -0.39 is 0 Å². The SMILES string of the molecule is C1C[C@@H]2O[C@@H]3[C@H]4CCCN3[C@H]3NCCC[C@@]23[C@H]4C1. The lowest BCUT2D eigenvalue weighted by molar-refractivity contribution is -0.355. The molecule has 3 nitrogen and oxygen atoms in total. The Morgan fingerprint density at radius 1 is 1.11 bits per heavy atom. The number of nitrogens with one attached hydrogen (secondary N) is 1. The van der Waals surface area contributed by atoms with Crippen molar-refractivity contribution in [2.24, 2.45) is 17.3 Å². The average Bonchev–Trinajstić information content (AvgIpc) is 2.40. The summed E-state index contributed by atoms with van der Waals surface area (Å²) in [5, 5.41) is 3.87. The molecule has 5 heterocycles. The topological polar surface area (TPSA) is 24.5 Å². The minimum absolute atomic E-state index is 0.464. The number of hydrogen-bond donors (Lipinski definition) is 1. The Balaban J connectivity index is 1.66. The smallest absolute Gasteiger partial charge is 0.115 e. The molecule has 0 aromatic rings. The van der Waals surface area contributed by atoms with Gasteiger partial charge in [-0.1, -0.05) is 6.42 Å². The standard InChI is InChI=1S/C15H24N2O/c1-5-11-10-4-2-9-17-13(10)18-12(6-1)15(11)7-3-8-16-14(15)17/h10-14,16H,1-9H2/t10-,11-,12-,13+,14+,15+/m0/s1. The van der Waals surface area contributed by atoms with E-state index in [0.29, 0.717) is 23.9 Å². The van der Waals surface area contributed by atoms with Gasteiger partial charge in [0.25, 0.3) is 0 Å². The first-order valence-corrected chi connectivity index (χ1v) is 8.06. The van der Waals surface area contributed by atoms with Crippen molar-refractivity contribution in [1.82, 2.24) is 10.2 Å². The maximum absolute atomic E-state index is 6.57. The Kier molecular flexibility index (Phi) is 2.07. The summed E-state index contributed by atoms with van der Waals surface area (Å²) in [5.41, 5.74) is 0.482. The molecule has 5 saturated heterocycles. The van der Waals surface area contributed by atoms with Gasteiger partial charge in [0.15, 0.2) is 0 Å². The van der Waals surface area contributed by atoms with Crippen LogP contribution >= 0.6 is 0 Å². The third kappa shape index (κ3) is 1.05. The molecule has 3 heteroatoms. The van der Waals surface area contributed by atoms with E-state index in [1.54, 1.807) is 0 Å². The molecule has 1 saturated carbocycles. The summed E-state index contributed by atoms with van der Waals surface area (Å²) in [6.07, 6.45) is 11.5. The fourth-order valence-corrected chi connectivity index (χ4v) is 6.27. The first kappa shape index (κ1) is 10.6. The van der Waals surface area contributed by atoms with Crippen molar-refractivity contribution in [3.05, 3.63) is 0 Å². The third-order valence-electron chi connectivity index (χ3n) is 6.70. The Bertz CT molecular complexity index is 351. The van der Waals surface area contributed by atoms with E-state index in [2.05, 4.69) is 10.2 Å². The summed E-state index contributed by atoms with van der Waals surface area (Å²) in [6, 6.07) is 0. The highest BCUT2D eigenvalue weighted by Gasteiger charge is 2.68. The van der Waals surface area contributed by atoms with Crippen molar-refractivity contribution in [2.75, 3.05) is 13.1 Å². The summed E-state index contributed by atoms with van der Waals surface area (Å²) in [7, 11) is 0. The van der Waals surface area contributed by atoms with E-state index in [9.17, 15) is 0 Å². The van der Waals surface area contributed by atoms with Gasteiger partial charge in [0.05, 0.1) is 12.3 Å². The van der Waals surface area contributed by atoms with Crippen molar-refractivity contribution in [2.45, 2.75) is 63.4 Å². The number of hydrogen-bond acceptors (Lipinski definition) is 3. The van der Waals surface area contributed by atoms with Gasteiger partial charge in [-0.05, 0) is 51.0 Å². The minimum atomic E-state index is 0.464. The highest BCUT2D eigenvalue weighted by molar-refractivity contribution is 5.15. The molecule has 0 amide bonds. The van der Waals surface area contributed by atoms with Crippen LogP contribution in [0.2, 0.25) is 0 Å². The molecular formula is C15H24N2O. The summed E-state index contributed by atoms with van der Waals surface area (Å²) < 4.78 is 6.57. The van der Waals surface area contributed by atoms with Gasteiger partial charge in [-0.3, -0.25) is 4.90 Å². The van der Waals surface area contributed by atoms with Crippen LogP contribution in [0.4, 0.5) is 0 Å². The molecule has 0 radical (unpaired) electrons. The van der Waals surface area contributed by atoms with E-state index in [1.165, 1.54) is 58.0 Å². The monoisotopic (exact) mass is 248 g/mol. The Morgan fingerprint density at radius 3 is 3.11 bits per heavy atom. The van der Waals surface area contributed by atoms with Crippen LogP contribution in [0.15, 0.2) is 0 Å². The quantitative estimate of drug-likeness (QED) is 0.709. The third-order valence-corrected chi connectivity index (χ3v) is 6.70. The second-order valence-electron chi connectivity index (χ2n) is 7.17. The predicted molar refractivity (Wildman–Crippen MR) is 68.9 cm³/mol. The number of ether oxygens (including phenoxy) is 1. The van der Waals surface area contributed by atoms with Crippen molar-refractivity contribution >= 4 is 0 Å². The van der Waals surface area contributed by atoms with Gasteiger partial charge in [0, 0.05) is 17.9 Å². The lowest BCUT2D eigenvalue weighted by atomic mass is 9.50. The fourth-order valence-electron chi connectivity index (χ4n) is 6.27. The molecule has 0 aromatic carbocycles. The Morgan fingerprint density at radius 2 is 2.11 bits per heavy atom. The maximum Gasteiger partial charge on any atom is 0.115 e.